The van der Waals surface area contributed by atoms with Gasteiger partial charge in [-0.15, -0.1) is 0 Å². The van der Waals surface area contributed by atoms with Crippen molar-refractivity contribution in [1.29, 1.82) is 0 Å². The largest absolute Gasteiger partial charge is 0.497 e. The maximum atomic E-state index is 12.2. The van der Waals surface area contributed by atoms with E-state index >= 15 is 0 Å². The maximum Gasteiger partial charge on any atom is 0.343 e. The third kappa shape index (κ3) is 3.50. The molecule has 0 fully saturated rings. The molecule has 0 radical (unpaired) electrons. The first-order valence-corrected chi connectivity index (χ1v) is 7.66. The van der Waals surface area contributed by atoms with E-state index in [1.807, 2.05) is 24.3 Å². The van der Waals surface area contributed by atoms with Crippen molar-refractivity contribution in [2.24, 2.45) is 0 Å². The summed E-state index contributed by atoms with van der Waals surface area (Å²) in [4.78, 5) is 12.2. The Morgan fingerprint density at radius 3 is 2.40 bits per heavy atom. The fourth-order valence-corrected chi connectivity index (χ4v) is 2.54. The number of ether oxygens (including phenoxy) is 4. The highest BCUT2D eigenvalue weighted by Crippen LogP contribution is 2.35. The predicted molar refractivity (Wildman–Crippen MR) is 94.6 cm³/mol. The number of benzene rings is 2. The summed E-state index contributed by atoms with van der Waals surface area (Å²) in [5.74, 6) is 1.98. The van der Waals surface area contributed by atoms with E-state index in [0.717, 1.165) is 11.3 Å². The number of methoxy groups -OCH3 is 3. The van der Waals surface area contributed by atoms with Gasteiger partial charge in [0.1, 0.15) is 23.0 Å². The lowest BCUT2D eigenvalue weighted by Gasteiger charge is -2.10. The zero-order valence-corrected chi connectivity index (χ0v) is 14.2. The van der Waals surface area contributed by atoms with E-state index in [9.17, 15) is 4.79 Å². The smallest absolute Gasteiger partial charge is 0.343 e. The summed E-state index contributed by atoms with van der Waals surface area (Å²) in [6.45, 7) is 0. The highest BCUT2D eigenvalue weighted by atomic mass is 16.5. The number of carbonyl (C=O) groups excluding carboxylic acids is 1. The molecule has 0 unspecified atom stereocenters. The Hall–Kier alpha value is -3.21. The third-order valence-electron chi connectivity index (χ3n) is 3.81. The molecule has 0 spiro atoms. The lowest BCUT2D eigenvalue weighted by molar-refractivity contribution is -0.130. The van der Waals surface area contributed by atoms with Crippen molar-refractivity contribution in [2.45, 2.75) is 0 Å². The van der Waals surface area contributed by atoms with E-state index in [2.05, 4.69) is 0 Å². The molecule has 1 heterocycles. The minimum Gasteiger partial charge on any atom is -0.497 e. The molecule has 1 aliphatic heterocycles. The molecule has 0 N–H and O–H groups in total. The van der Waals surface area contributed by atoms with Crippen molar-refractivity contribution in [3.8, 4) is 17.2 Å². The molecule has 3 rings (SSSR count). The monoisotopic (exact) mass is 338 g/mol. The summed E-state index contributed by atoms with van der Waals surface area (Å²) in [6.07, 6.45) is 3.45. The fraction of sp³-hybridized carbons (Fsp3) is 0.150. The van der Waals surface area contributed by atoms with Crippen LogP contribution in [-0.2, 0) is 9.53 Å². The van der Waals surface area contributed by atoms with Crippen LogP contribution < -0.4 is 14.2 Å². The van der Waals surface area contributed by atoms with Gasteiger partial charge in [0.15, 0.2) is 0 Å². The van der Waals surface area contributed by atoms with Crippen LogP contribution in [0.5, 0.6) is 17.2 Å². The molecule has 2 aromatic carbocycles. The van der Waals surface area contributed by atoms with Gasteiger partial charge in [-0.2, -0.15) is 0 Å². The highest BCUT2D eigenvalue weighted by molar-refractivity contribution is 6.05. The van der Waals surface area contributed by atoms with Crippen molar-refractivity contribution in [3.05, 3.63) is 65.2 Å². The summed E-state index contributed by atoms with van der Waals surface area (Å²) in [5, 5.41) is 0. The zero-order chi connectivity index (χ0) is 17.8. The molecule has 0 aliphatic carbocycles. The van der Waals surface area contributed by atoms with E-state index in [4.69, 9.17) is 18.9 Å². The van der Waals surface area contributed by atoms with Gasteiger partial charge in [0.25, 0.3) is 0 Å². The molecule has 25 heavy (non-hydrogen) atoms. The first-order valence-electron chi connectivity index (χ1n) is 7.66. The lowest BCUT2D eigenvalue weighted by Crippen LogP contribution is -1.99. The summed E-state index contributed by atoms with van der Waals surface area (Å²) in [6, 6.07) is 12.8. The Morgan fingerprint density at radius 2 is 1.68 bits per heavy atom. The second-order valence-corrected chi connectivity index (χ2v) is 5.34. The van der Waals surface area contributed by atoms with Crippen molar-refractivity contribution < 1.29 is 23.7 Å². The summed E-state index contributed by atoms with van der Waals surface area (Å²) in [5.41, 5.74) is 1.96. The normalized spacial score (nSPS) is 14.9. The van der Waals surface area contributed by atoms with Crippen LogP contribution in [0.3, 0.4) is 0 Å². The van der Waals surface area contributed by atoms with Crippen molar-refractivity contribution in [1.82, 2.24) is 0 Å². The van der Waals surface area contributed by atoms with E-state index in [1.54, 1.807) is 51.7 Å². The van der Waals surface area contributed by atoms with Crippen LogP contribution in [0.1, 0.15) is 11.1 Å². The Morgan fingerprint density at radius 1 is 0.920 bits per heavy atom. The molecule has 0 saturated carbocycles. The zero-order valence-electron chi connectivity index (χ0n) is 14.2. The molecule has 1 aliphatic rings. The van der Waals surface area contributed by atoms with Gasteiger partial charge in [-0.1, -0.05) is 12.1 Å². The Kier molecular flexibility index (Phi) is 4.75. The molecule has 0 bridgehead atoms. The topological polar surface area (TPSA) is 54.0 Å². The Labute approximate surface area is 146 Å². The first kappa shape index (κ1) is 16.6. The van der Waals surface area contributed by atoms with Gasteiger partial charge >= 0.3 is 5.97 Å². The highest BCUT2D eigenvalue weighted by Gasteiger charge is 2.24. The molecule has 5 nitrogen and oxygen atoms in total. The van der Waals surface area contributed by atoms with Crippen LogP contribution in [0.15, 0.2) is 54.1 Å². The molecule has 0 aromatic heterocycles. The molecular formula is C20H18O5. The van der Waals surface area contributed by atoms with Crippen molar-refractivity contribution >= 4 is 17.8 Å². The number of cyclic esters (lactones) is 1. The third-order valence-corrected chi connectivity index (χ3v) is 3.81. The SMILES string of the molecule is COc1cccc(/C=C2/C=C(c3cc(OC)ccc3OC)OC2=O)c1. The molecular weight excluding hydrogens is 320 g/mol. The molecule has 0 atom stereocenters. The van der Waals surface area contributed by atoms with Crippen LogP contribution >= 0.6 is 0 Å². The van der Waals surface area contributed by atoms with Crippen LogP contribution in [0.4, 0.5) is 0 Å². The van der Waals surface area contributed by atoms with Gasteiger partial charge in [0.2, 0.25) is 0 Å². The number of hydrogen-bond donors (Lipinski definition) is 0. The number of carbonyl (C=O) groups is 1. The maximum absolute atomic E-state index is 12.2. The molecule has 5 heteroatoms. The van der Waals surface area contributed by atoms with Gasteiger partial charge in [-0.3, -0.25) is 0 Å². The van der Waals surface area contributed by atoms with Gasteiger partial charge in [0, 0.05) is 0 Å². The van der Waals surface area contributed by atoms with Crippen LogP contribution in [-0.4, -0.2) is 27.3 Å². The predicted octanol–water partition coefficient (Wildman–Crippen LogP) is 3.69. The lowest BCUT2D eigenvalue weighted by atomic mass is 10.1. The second-order valence-electron chi connectivity index (χ2n) is 5.34. The second kappa shape index (κ2) is 7.13. The van der Waals surface area contributed by atoms with E-state index in [0.29, 0.717) is 28.4 Å². The quantitative estimate of drug-likeness (QED) is 0.615. The Balaban J connectivity index is 1.99. The molecule has 128 valence electrons. The van der Waals surface area contributed by atoms with Crippen LogP contribution in [0.25, 0.3) is 11.8 Å². The fourth-order valence-electron chi connectivity index (χ4n) is 2.54. The molecule has 0 amide bonds. The average Bonchev–Trinajstić information content (AvgIpc) is 3.01. The van der Waals surface area contributed by atoms with Gasteiger partial charge in [-0.25, -0.2) is 4.79 Å². The van der Waals surface area contributed by atoms with E-state index in [-0.39, 0.29) is 0 Å². The van der Waals surface area contributed by atoms with Gasteiger partial charge < -0.3 is 18.9 Å². The Bertz CT molecular complexity index is 864. The summed E-state index contributed by atoms with van der Waals surface area (Å²) < 4.78 is 21.2. The van der Waals surface area contributed by atoms with E-state index < -0.39 is 5.97 Å². The molecule has 0 saturated heterocycles. The summed E-state index contributed by atoms with van der Waals surface area (Å²) >= 11 is 0. The number of esters is 1. The van der Waals surface area contributed by atoms with Crippen molar-refractivity contribution in [2.75, 3.05) is 21.3 Å². The average molecular weight is 338 g/mol. The molecule has 2 aromatic rings. The van der Waals surface area contributed by atoms with Crippen LogP contribution in [0.2, 0.25) is 0 Å². The number of rotatable bonds is 5. The van der Waals surface area contributed by atoms with Crippen LogP contribution in [0, 0.1) is 0 Å². The first-order chi connectivity index (χ1) is 12.1. The van der Waals surface area contributed by atoms with Gasteiger partial charge in [0.05, 0.1) is 32.5 Å². The van der Waals surface area contributed by atoms with Crippen molar-refractivity contribution in [3.63, 3.8) is 0 Å². The van der Waals surface area contributed by atoms with E-state index in [1.165, 1.54) is 0 Å². The minimum atomic E-state index is -0.414. The standard InChI is InChI=1S/C20H18O5/c1-22-15-6-4-5-13(10-15)9-14-11-19(25-20(14)21)17-12-16(23-2)7-8-18(17)24-3/h4-12H,1-3H3/b14-9-. The number of hydrogen-bond acceptors (Lipinski definition) is 5. The van der Waals surface area contributed by atoms with Gasteiger partial charge in [-0.05, 0) is 48.0 Å². The minimum absolute atomic E-state index is 0.414. The summed E-state index contributed by atoms with van der Waals surface area (Å²) in [7, 11) is 4.74.